The average Bonchev–Trinajstić information content (AvgIpc) is 2.41. The van der Waals surface area contributed by atoms with Crippen molar-refractivity contribution in [3.63, 3.8) is 0 Å². The van der Waals surface area contributed by atoms with Gasteiger partial charge in [0.2, 0.25) is 0 Å². The van der Waals surface area contributed by atoms with Gasteiger partial charge in [-0.25, -0.2) is 9.59 Å². The molecule has 1 rings (SSSR count). The van der Waals surface area contributed by atoms with Crippen LogP contribution >= 0.6 is 0 Å². The van der Waals surface area contributed by atoms with Crippen LogP contribution in [-0.2, 0) is 16.1 Å². The first-order valence-corrected chi connectivity index (χ1v) is 5.74. The van der Waals surface area contributed by atoms with E-state index < -0.39 is 24.0 Å². The molecule has 20 heavy (non-hydrogen) atoms. The Morgan fingerprint density at radius 3 is 2.60 bits per heavy atom. The van der Waals surface area contributed by atoms with Crippen LogP contribution in [0.1, 0.15) is 18.5 Å². The third-order valence-corrected chi connectivity index (χ3v) is 2.31. The molecule has 0 fully saturated rings. The van der Waals surface area contributed by atoms with Gasteiger partial charge in [0, 0.05) is 12.6 Å². The quantitative estimate of drug-likeness (QED) is 0.532. The third-order valence-electron chi connectivity index (χ3n) is 2.31. The van der Waals surface area contributed by atoms with Crippen LogP contribution in [0.5, 0.6) is 0 Å². The van der Waals surface area contributed by atoms with Gasteiger partial charge < -0.3 is 20.8 Å². The predicted octanol–water partition coefficient (Wildman–Crippen LogP) is -0.406. The van der Waals surface area contributed by atoms with Crippen LogP contribution in [0.3, 0.4) is 0 Å². The van der Waals surface area contributed by atoms with E-state index in [0.29, 0.717) is 5.69 Å². The van der Waals surface area contributed by atoms with Crippen LogP contribution in [-0.4, -0.2) is 44.4 Å². The number of urea groups is 1. The molecule has 1 aromatic rings. The second kappa shape index (κ2) is 7.67. The molecule has 1 heterocycles. The van der Waals surface area contributed by atoms with Crippen molar-refractivity contribution in [2.24, 2.45) is 0 Å². The summed E-state index contributed by atoms with van der Waals surface area (Å²) in [4.78, 5) is 32.7. The van der Waals surface area contributed by atoms with E-state index in [4.69, 9.17) is 10.2 Å². The summed E-state index contributed by atoms with van der Waals surface area (Å²) in [6, 6.07) is 1.32. The van der Waals surface area contributed by atoms with Crippen molar-refractivity contribution in [3.05, 3.63) is 24.0 Å². The lowest BCUT2D eigenvalue weighted by atomic mass is 10.1. The number of nitrogens with zero attached hydrogens (tertiary/aromatic N) is 2. The fourth-order valence-electron chi connectivity index (χ4n) is 1.33. The van der Waals surface area contributed by atoms with Gasteiger partial charge in [0.15, 0.2) is 0 Å². The minimum absolute atomic E-state index is 0.0882. The summed E-state index contributed by atoms with van der Waals surface area (Å²) >= 11 is 0. The zero-order valence-corrected chi connectivity index (χ0v) is 10.4. The summed E-state index contributed by atoms with van der Waals surface area (Å²) in [5, 5.41) is 29.3. The fourth-order valence-corrected chi connectivity index (χ4v) is 1.33. The smallest absolute Gasteiger partial charge is 0.326 e. The van der Waals surface area contributed by atoms with Crippen molar-refractivity contribution >= 4 is 18.0 Å². The minimum atomic E-state index is -1.29. The Morgan fingerprint density at radius 2 is 2.05 bits per heavy atom. The number of carbonyl (C=O) groups excluding carboxylic acids is 1. The van der Waals surface area contributed by atoms with E-state index in [1.807, 2.05) is 0 Å². The number of nitrogens with one attached hydrogen (secondary N) is 2. The average molecular weight is 282 g/mol. The first-order chi connectivity index (χ1) is 9.49. The first kappa shape index (κ1) is 15.3. The van der Waals surface area contributed by atoms with Crippen LogP contribution in [0, 0.1) is 0 Å². The predicted molar refractivity (Wildman–Crippen MR) is 65.7 cm³/mol. The van der Waals surface area contributed by atoms with Gasteiger partial charge in [0.1, 0.15) is 6.04 Å². The topological polar surface area (TPSA) is 142 Å². The Morgan fingerprint density at radius 1 is 1.30 bits per heavy atom. The highest BCUT2D eigenvalue weighted by Crippen LogP contribution is 1.98. The Labute approximate surface area is 114 Å². The lowest BCUT2D eigenvalue weighted by Crippen LogP contribution is -2.46. The number of aliphatic carboxylic acids is 2. The van der Waals surface area contributed by atoms with E-state index in [2.05, 4.69) is 20.8 Å². The lowest BCUT2D eigenvalue weighted by molar-refractivity contribution is -0.140. The van der Waals surface area contributed by atoms with Crippen molar-refractivity contribution < 1.29 is 24.6 Å². The highest BCUT2D eigenvalue weighted by Gasteiger charge is 2.20. The van der Waals surface area contributed by atoms with E-state index in [1.165, 1.54) is 6.20 Å². The van der Waals surface area contributed by atoms with Crippen molar-refractivity contribution in [1.29, 1.82) is 0 Å². The summed E-state index contributed by atoms with van der Waals surface area (Å²) in [6.45, 7) is 0.0882. The van der Waals surface area contributed by atoms with E-state index in [0.717, 1.165) is 0 Å². The van der Waals surface area contributed by atoms with Crippen LogP contribution in [0.25, 0.3) is 0 Å². The van der Waals surface area contributed by atoms with Gasteiger partial charge in [-0.2, -0.15) is 10.2 Å². The molecule has 2 amide bonds. The second-order valence-electron chi connectivity index (χ2n) is 3.87. The molecule has 0 radical (unpaired) electrons. The second-order valence-corrected chi connectivity index (χ2v) is 3.87. The van der Waals surface area contributed by atoms with Crippen LogP contribution in [0.4, 0.5) is 4.79 Å². The van der Waals surface area contributed by atoms with E-state index >= 15 is 0 Å². The number of carbonyl (C=O) groups is 3. The summed E-state index contributed by atoms with van der Waals surface area (Å²) in [6.07, 6.45) is 0.945. The molecule has 0 saturated heterocycles. The number of hydrogen-bond donors (Lipinski definition) is 4. The molecule has 1 aromatic heterocycles. The van der Waals surface area contributed by atoms with Gasteiger partial charge in [-0.15, -0.1) is 0 Å². The molecular weight excluding hydrogens is 268 g/mol. The molecule has 108 valence electrons. The number of carboxylic acids is 2. The molecule has 1 atom stereocenters. The maximum absolute atomic E-state index is 11.5. The number of aromatic nitrogens is 2. The van der Waals surface area contributed by atoms with Gasteiger partial charge in [-0.1, -0.05) is 0 Å². The molecule has 0 aromatic carbocycles. The molecule has 0 aliphatic rings. The maximum Gasteiger partial charge on any atom is 0.326 e. The molecule has 4 N–H and O–H groups in total. The summed E-state index contributed by atoms with van der Waals surface area (Å²) in [5.74, 6) is -2.42. The standard InChI is InChI=1S/C11H14N4O5/c16-9(17)4-3-8(10(18)19)14-11(20)12-6-7-2-1-5-13-15-7/h1-2,5,8H,3-4,6H2,(H,16,17)(H,18,19)(H2,12,14,20)/t8-/m0/s1. The monoisotopic (exact) mass is 282 g/mol. The van der Waals surface area contributed by atoms with Crippen molar-refractivity contribution in [3.8, 4) is 0 Å². The SMILES string of the molecule is O=C(O)CC[C@H](NC(=O)NCc1cccnn1)C(=O)O. The zero-order chi connectivity index (χ0) is 15.0. The highest BCUT2D eigenvalue weighted by atomic mass is 16.4. The summed E-state index contributed by atoms with van der Waals surface area (Å²) in [7, 11) is 0. The molecule has 0 bridgehead atoms. The molecule has 0 aliphatic heterocycles. The molecular formula is C11H14N4O5. The van der Waals surface area contributed by atoms with Crippen molar-refractivity contribution in [2.45, 2.75) is 25.4 Å². The first-order valence-electron chi connectivity index (χ1n) is 5.74. The lowest BCUT2D eigenvalue weighted by Gasteiger charge is -2.14. The Kier molecular flexibility index (Phi) is 5.88. The third kappa shape index (κ3) is 5.76. The number of hydrogen-bond acceptors (Lipinski definition) is 5. The fraction of sp³-hybridized carbons (Fsp3) is 0.364. The molecule has 0 spiro atoms. The maximum atomic E-state index is 11.5. The number of carboxylic acid groups (broad SMARTS) is 2. The number of amides is 2. The van der Waals surface area contributed by atoms with E-state index in [1.54, 1.807) is 12.1 Å². The molecule has 9 heteroatoms. The largest absolute Gasteiger partial charge is 0.481 e. The van der Waals surface area contributed by atoms with Gasteiger partial charge >= 0.3 is 18.0 Å². The van der Waals surface area contributed by atoms with Gasteiger partial charge in [-0.3, -0.25) is 4.79 Å². The Bertz CT molecular complexity index is 479. The molecule has 0 aliphatic carbocycles. The van der Waals surface area contributed by atoms with E-state index in [9.17, 15) is 14.4 Å². The van der Waals surface area contributed by atoms with Crippen LogP contribution in [0.15, 0.2) is 18.3 Å². The highest BCUT2D eigenvalue weighted by molar-refractivity contribution is 5.82. The van der Waals surface area contributed by atoms with Gasteiger partial charge in [-0.05, 0) is 18.6 Å². The molecule has 9 nitrogen and oxygen atoms in total. The van der Waals surface area contributed by atoms with Gasteiger partial charge in [0.05, 0.1) is 12.2 Å². The Hall–Kier alpha value is -2.71. The summed E-state index contributed by atoms with van der Waals surface area (Å²) < 4.78 is 0. The molecule has 0 unspecified atom stereocenters. The minimum Gasteiger partial charge on any atom is -0.481 e. The van der Waals surface area contributed by atoms with Crippen molar-refractivity contribution in [2.75, 3.05) is 0 Å². The van der Waals surface area contributed by atoms with Crippen LogP contribution < -0.4 is 10.6 Å². The zero-order valence-electron chi connectivity index (χ0n) is 10.4. The van der Waals surface area contributed by atoms with E-state index in [-0.39, 0.29) is 19.4 Å². The normalized spacial score (nSPS) is 11.4. The summed E-state index contributed by atoms with van der Waals surface area (Å²) in [5.41, 5.74) is 0.514. The number of rotatable bonds is 7. The molecule has 0 saturated carbocycles. The van der Waals surface area contributed by atoms with Crippen molar-refractivity contribution in [1.82, 2.24) is 20.8 Å². The Balaban J connectivity index is 2.41. The van der Waals surface area contributed by atoms with Gasteiger partial charge in [0.25, 0.3) is 0 Å². The van der Waals surface area contributed by atoms with Crippen LogP contribution in [0.2, 0.25) is 0 Å².